The minimum atomic E-state index is -4.90. The van der Waals surface area contributed by atoms with E-state index in [0.29, 0.717) is 36.9 Å². The van der Waals surface area contributed by atoms with Crippen molar-refractivity contribution in [1.29, 1.82) is 0 Å². The van der Waals surface area contributed by atoms with Crippen LogP contribution in [-0.2, 0) is 11.0 Å². The number of alkyl halides is 3. The summed E-state index contributed by atoms with van der Waals surface area (Å²) in [6.45, 7) is 3.08. The topological polar surface area (TPSA) is 114 Å². The van der Waals surface area contributed by atoms with Crippen molar-refractivity contribution < 1.29 is 31.5 Å². The fourth-order valence-electron chi connectivity index (χ4n) is 9.50. The number of benzene rings is 1. The third-order valence-corrected chi connectivity index (χ3v) is 12.9. The molecule has 17 heteroatoms. The van der Waals surface area contributed by atoms with Crippen LogP contribution < -0.4 is 15.4 Å². The highest BCUT2D eigenvalue weighted by molar-refractivity contribution is 7.10. The standard InChI is InChI=1S/C38H40ClF5N8O2S/c1-20-15-27(45)47-33(30(20)38(42,43)44)29-24(39)16-23-32(31(29)41)48-36(54-19-37-9-3-5-26(37)50(2)12-4-10-37)49-34(23)51-13-8-21-6-7-22(18-51)52(21)35(53)25(40)17-28-46-11-14-55-28/h11,14-17,21-22,26H,3-10,12-13,18-19H2,1-2H3,(H2,45,47)/b25-17-/t21-,22+,26+,37+/m0/s1. The number of thiazole rings is 1. The Morgan fingerprint density at radius 3 is 2.65 bits per heavy atom. The first-order valence-corrected chi connectivity index (χ1v) is 19.7. The van der Waals surface area contributed by atoms with Gasteiger partial charge in [-0.25, -0.2) is 18.7 Å². The minimum Gasteiger partial charge on any atom is -0.463 e. The lowest BCUT2D eigenvalue weighted by Gasteiger charge is -2.44. The van der Waals surface area contributed by atoms with E-state index in [0.717, 1.165) is 50.8 Å². The van der Waals surface area contributed by atoms with E-state index in [9.17, 15) is 18.0 Å². The van der Waals surface area contributed by atoms with Gasteiger partial charge in [-0.15, -0.1) is 11.3 Å². The van der Waals surface area contributed by atoms with Gasteiger partial charge in [-0.2, -0.15) is 23.1 Å². The molecule has 2 bridgehead atoms. The molecule has 0 radical (unpaired) electrons. The van der Waals surface area contributed by atoms with Gasteiger partial charge in [-0.05, 0) is 83.2 Å². The summed E-state index contributed by atoms with van der Waals surface area (Å²) in [4.78, 5) is 36.7. The molecule has 55 heavy (non-hydrogen) atoms. The maximum Gasteiger partial charge on any atom is 0.418 e. The number of hydrogen-bond donors (Lipinski definition) is 1. The zero-order valence-corrected chi connectivity index (χ0v) is 31.9. The SMILES string of the molecule is Cc1cc(N)nc(-c2c(Cl)cc3c(N4CC[C@@H]5CC[C@H](C4)N5C(=O)/C(F)=C/c4nccs4)nc(OC[C@]45CCC[C@H]4N(C)CCC5)nc3c2F)c1C(F)(F)F. The predicted molar refractivity (Wildman–Crippen MR) is 201 cm³/mol. The van der Waals surface area contributed by atoms with Gasteiger partial charge in [-0.1, -0.05) is 18.0 Å². The number of hydrogen-bond acceptors (Lipinski definition) is 10. The number of aryl methyl sites for hydroxylation is 1. The molecular formula is C38H40ClF5N8O2S. The van der Waals surface area contributed by atoms with Crippen molar-refractivity contribution >= 4 is 57.5 Å². The molecule has 4 fully saturated rings. The molecule has 4 atom stereocenters. The van der Waals surface area contributed by atoms with Crippen LogP contribution in [-0.4, -0.2) is 87.1 Å². The minimum absolute atomic E-state index is 0.129. The second kappa shape index (κ2) is 14.4. The molecule has 1 aliphatic carbocycles. The Hall–Kier alpha value is -4.15. The maximum absolute atomic E-state index is 17.1. The Kier molecular flexibility index (Phi) is 9.89. The summed E-state index contributed by atoms with van der Waals surface area (Å²) >= 11 is 7.92. The molecule has 2 N–H and O–H groups in total. The molecule has 0 unspecified atom stereocenters. The number of rotatable bonds is 7. The van der Waals surface area contributed by atoms with Gasteiger partial charge in [0.15, 0.2) is 11.6 Å². The Balaban J connectivity index is 1.22. The first-order valence-electron chi connectivity index (χ1n) is 18.5. The largest absolute Gasteiger partial charge is 0.463 e. The number of piperidine rings is 1. The highest BCUT2D eigenvalue weighted by Gasteiger charge is 2.48. The third-order valence-electron chi connectivity index (χ3n) is 11.9. The predicted octanol–water partition coefficient (Wildman–Crippen LogP) is 8.07. The smallest absolute Gasteiger partial charge is 0.418 e. The number of aromatic nitrogens is 4. The number of likely N-dealkylation sites (tertiary alicyclic amines) is 1. The Morgan fingerprint density at radius 2 is 1.89 bits per heavy atom. The fraction of sp³-hybridized carbons (Fsp3) is 0.500. The van der Waals surface area contributed by atoms with Crippen LogP contribution in [0.15, 0.2) is 29.5 Å². The van der Waals surface area contributed by atoms with Gasteiger partial charge in [0.1, 0.15) is 22.2 Å². The molecule has 6 heterocycles. The average molecular weight is 803 g/mol. The molecule has 1 saturated carbocycles. The Labute approximate surface area is 323 Å². The molecule has 1 aromatic carbocycles. The number of carbonyl (C=O) groups excluding carboxylic acids is 1. The van der Waals surface area contributed by atoms with E-state index in [1.165, 1.54) is 30.5 Å². The summed E-state index contributed by atoms with van der Waals surface area (Å²) in [7, 11) is 2.11. The highest BCUT2D eigenvalue weighted by Crippen LogP contribution is 2.48. The Bertz CT molecular complexity index is 2170. The zero-order chi connectivity index (χ0) is 38.8. The molecule has 3 aromatic heterocycles. The first-order chi connectivity index (χ1) is 26.2. The van der Waals surface area contributed by atoms with Gasteiger partial charge in [0.25, 0.3) is 5.91 Å². The van der Waals surface area contributed by atoms with Crippen molar-refractivity contribution in [2.75, 3.05) is 43.9 Å². The highest BCUT2D eigenvalue weighted by atomic mass is 35.5. The quantitative estimate of drug-likeness (QED) is 0.146. The van der Waals surface area contributed by atoms with Crippen molar-refractivity contribution in [3.05, 3.63) is 56.5 Å². The second-order valence-electron chi connectivity index (χ2n) is 15.2. The fourth-order valence-corrected chi connectivity index (χ4v) is 10.3. The lowest BCUT2D eigenvalue weighted by atomic mass is 9.76. The van der Waals surface area contributed by atoms with Crippen LogP contribution in [0.5, 0.6) is 6.01 Å². The number of halogens is 6. The molecule has 292 valence electrons. The van der Waals surface area contributed by atoms with Crippen molar-refractivity contribution in [2.24, 2.45) is 5.41 Å². The van der Waals surface area contributed by atoms with Crippen molar-refractivity contribution in [3.63, 3.8) is 0 Å². The lowest BCUT2D eigenvalue weighted by molar-refractivity contribution is -0.137. The van der Waals surface area contributed by atoms with E-state index in [2.05, 4.69) is 26.9 Å². The average Bonchev–Trinajstić information content (AvgIpc) is 3.86. The normalized spacial score (nSPS) is 24.7. The zero-order valence-electron chi connectivity index (χ0n) is 30.3. The summed E-state index contributed by atoms with van der Waals surface area (Å²) in [5.41, 5.74) is 2.71. The number of nitrogens with zero attached hydrogens (tertiary/aromatic N) is 7. The summed E-state index contributed by atoms with van der Waals surface area (Å²) in [6.07, 6.45) is 4.47. The monoisotopic (exact) mass is 802 g/mol. The number of pyridine rings is 1. The molecule has 10 nitrogen and oxygen atoms in total. The number of ether oxygens (including phenoxy) is 1. The van der Waals surface area contributed by atoms with Crippen LogP contribution in [0.1, 0.15) is 67.5 Å². The van der Waals surface area contributed by atoms with Crippen molar-refractivity contribution in [2.45, 2.75) is 82.6 Å². The summed E-state index contributed by atoms with van der Waals surface area (Å²) < 4.78 is 82.2. The molecule has 4 aromatic rings. The third kappa shape index (κ3) is 6.87. The number of amides is 1. The van der Waals surface area contributed by atoms with Crippen LogP contribution >= 0.6 is 22.9 Å². The number of anilines is 2. The molecule has 1 amide bonds. The Morgan fingerprint density at radius 1 is 1.11 bits per heavy atom. The van der Waals surface area contributed by atoms with Gasteiger partial charge in [0.05, 0.1) is 34.5 Å². The van der Waals surface area contributed by atoms with E-state index in [-0.39, 0.29) is 63.7 Å². The summed E-state index contributed by atoms with van der Waals surface area (Å²) in [5.74, 6) is -2.75. The molecular weight excluding hydrogens is 763 g/mol. The van der Waals surface area contributed by atoms with Crippen molar-refractivity contribution in [3.8, 4) is 17.3 Å². The van der Waals surface area contributed by atoms with E-state index < -0.39 is 46.6 Å². The summed E-state index contributed by atoms with van der Waals surface area (Å²) in [6, 6.07) is 1.93. The second-order valence-corrected chi connectivity index (χ2v) is 16.5. The molecule has 0 spiro atoms. The van der Waals surface area contributed by atoms with Gasteiger partial charge in [0.2, 0.25) is 0 Å². The van der Waals surface area contributed by atoms with Gasteiger partial charge in [0, 0.05) is 53.6 Å². The van der Waals surface area contributed by atoms with E-state index in [1.54, 1.807) is 10.3 Å². The molecule has 3 saturated heterocycles. The maximum atomic E-state index is 17.1. The molecule has 3 aliphatic heterocycles. The number of carbonyl (C=O) groups is 1. The van der Waals surface area contributed by atoms with Crippen LogP contribution in [0.25, 0.3) is 28.2 Å². The van der Waals surface area contributed by atoms with Crippen molar-refractivity contribution in [1.82, 2.24) is 29.7 Å². The van der Waals surface area contributed by atoms with Gasteiger partial charge >= 0.3 is 12.2 Å². The molecule has 8 rings (SSSR count). The van der Waals surface area contributed by atoms with Crippen LogP contribution in [0.4, 0.5) is 33.6 Å². The first kappa shape index (κ1) is 37.8. The molecule has 4 aliphatic rings. The lowest BCUT2D eigenvalue weighted by Crippen LogP contribution is -2.50. The van der Waals surface area contributed by atoms with Gasteiger partial charge in [-0.3, -0.25) is 4.79 Å². The van der Waals surface area contributed by atoms with Crippen LogP contribution in [0, 0.1) is 18.2 Å². The van der Waals surface area contributed by atoms with Crippen LogP contribution in [0.2, 0.25) is 5.02 Å². The van der Waals surface area contributed by atoms with E-state index in [4.69, 9.17) is 27.1 Å². The number of nitrogen functional groups attached to an aromatic ring is 1. The number of nitrogens with two attached hydrogens (primary N) is 1. The van der Waals surface area contributed by atoms with E-state index >= 15 is 8.78 Å². The van der Waals surface area contributed by atoms with E-state index in [1.807, 2.05) is 4.90 Å². The van der Waals surface area contributed by atoms with Crippen LogP contribution in [0.3, 0.4) is 0 Å². The summed E-state index contributed by atoms with van der Waals surface area (Å²) in [5, 5.41) is 1.88. The van der Waals surface area contributed by atoms with Gasteiger partial charge < -0.3 is 25.2 Å². The number of fused-ring (bicyclic) bond motifs is 4.